The van der Waals surface area contributed by atoms with Crippen molar-refractivity contribution >= 4 is 33.2 Å². The molecule has 1 aliphatic carbocycles. The molecule has 8 heteroatoms. The first-order chi connectivity index (χ1) is 16.2. The van der Waals surface area contributed by atoms with Crippen molar-refractivity contribution in [1.29, 1.82) is 0 Å². The Hall–Kier alpha value is -4.04. The molecule has 3 aromatic carbocycles. The van der Waals surface area contributed by atoms with E-state index in [1.54, 1.807) is 67.6 Å². The van der Waals surface area contributed by atoms with Gasteiger partial charge < -0.3 is 10.1 Å². The Morgan fingerprint density at radius 1 is 0.941 bits per heavy atom. The third kappa shape index (κ3) is 4.40. The standard InChI is InChI=1S/C26H22N2O5S/c1-16-12-13-24(17(2)14-16)34(31,32)28-22-15-23(25(29)19-9-5-4-8-18(19)22)27-21-11-7-6-10-20(21)26(30)33-3/h4-15,27H,1-3H3/b28-22+. The molecule has 0 heterocycles. The number of Topliss-reactive ketones (excluding diaryl/α,β-unsaturated/α-hetero) is 1. The van der Waals surface area contributed by atoms with E-state index in [1.807, 2.05) is 6.92 Å². The molecule has 0 fully saturated rings. The van der Waals surface area contributed by atoms with Gasteiger partial charge in [-0.15, -0.1) is 0 Å². The number of nitrogens with zero attached hydrogens (tertiary/aromatic N) is 1. The first-order valence-electron chi connectivity index (χ1n) is 10.4. The molecule has 1 N–H and O–H groups in total. The van der Waals surface area contributed by atoms with Gasteiger partial charge in [0.25, 0.3) is 10.0 Å². The monoisotopic (exact) mass is 474 g/mol. The number of benzene rings is 3. The van der Waals surface area contributed by atoms with Gasteiger partial charge in [-0.05, 0) is 43.7 Å². The number of sulfonamides is 1. The van der Waals surface area contributed by atoms with E-state index in [1.165, 1.54) is 19.3 Å². The predicted molar refractivity (Wildman–Crippen MR) is 130 cm³/mol. The minimum atomic E-state index is -4.06. The second-order valence-electron chi connectivity index (χ2n) is 7.82. The van der Waals surface area contributed by atoms with E-state index in [2.05, 4.69) is 9.71 Å². The summed E-state index contributed by atoms with van der Waals surface area (Å²) in [6, 6.07) is 18.3. The van der Waals surface area contributed by atoms with Gasteiger partial charge >= 0.3 is 5.97 Å². The summed E-state index contributed by atoms with van der Waals surface area (Å²) in [5, 5.41) is 2.96. The summed E-state index contributed by atoms with van der Waals surface area (Å²) in [6.07, 6.45) is 1.39. The Balaban J connectivity index is 1.84. The Labute approximate surface area is 197 Å². The summed E-state index contributed by atoms with van der Waals surface area (Å²) in [5.74, 6) is -0.920. The molecule has 0 unspecified atom stereocenters. The van der Waals surface area contributed by atoms with Crippen molar-refractivity contribution in [3.05, 3.63) is 106 Å². The number of fused-ring (bicyclic) bond motifs is 1. The maximum atomic E-state index is 13.2. The lowest BCUT2D eigenvalue weighted by molar-refractivity contribution is 0.0601. The smallest absolute Gasteiger partial charge is 0.339 e. The predicted octanol–water partition coefficient (Wildman–Crippen LogP) is 4.46. The first-order valence-corrected chi connectivity index (χ1v) is 11.9. The highest BCUT2D eigenvalue weighted by atomic mass is 32.2. The molecule has 1 aliphatic rings. The molecule has 0 bridgehead atoms. The highest BCUT2D eigenvalue weighted by Crippen LogP contribution is 2.27. The first kappa shape index (κ1) is 23.1. The lowest BCUT2D eigenvalue weighted by Crippen LogP contribution is -2.23. The van der Waals surface area contributed by atoms with Crippen molar-refractivity contribution in [2.45, 2.75) is 18.7 Å². The van der Waals surface area contributed by atoms with Crippen LogP contribution in [0.5, 0.6) is 0 Å². The van der Waals surface area contributed by atoms with Crippen molar-refractivity contribution in [3.8, 4) is 0 Å². The summed E-state index contributed by atoms with van der Waals surface area (Å²) in [6.45, 7) is 3.59. The highest BCUT2D eigenvalue weighted by molar-refractivity contribution is 7.90. The molecule has 34 heavy (non-hydrogen) atoms. The van der Waals surface area contributed by atoms with Crippen molar-refractivity contribution in [1.82, 2.24) is 0 Å². The molecular formula is C26H22N2O5S. The van der Waals surface area contributed by atoms with Crippen LogP contribution in [0.15, 0.2) is 87.8 Å². The molecule has 3 aromatic rings. The van der Waals surface area contributed by atoms with Gasteiger partial charge in [0.1, 0.15) is 0 Å². The number of para-hydroxylation sites is 1. The average molecular weight is 475 g/mol. The van der Waals surface area contributed by atoms with E-state index in [4.69, 9.17) is 4.74 Å². The number of nitrogens with one attached hydrogen (secondary N) is 1. The third-order valence-corrected chi connectivity index (χ3v) is 6.85. The van der Waals surface area contributed by atoms with E-state index < -0.39 is 16.0 Å². The Morgan fingerprint density at radius 3 is 2.32 bits per heavy atom. The van der Waals surface area contributed by atoms with Crippen LogP contribution in [0.4, 0.5) is 5.69 Å². The SMILES string of the molecule is COC(=O)c1ccccc1NC1=C/C(=N\S(=O)(=O)c2ccc(C)cc2C)c2ccccc2C1=O. The zero-order valence-corrected chi connectivity index (χ0v) is 19.6. The fourth-order valence-electron chi connectivity index (χ4n) is 3.79. The van der Waals surface area contributed by atoms with Gasteiger partial charge in [0.15, 0.2) is 0 Å². The zero-order chi connectivity index (χ0) is 24.5. The van der Waals surface area contributed by atoms with Gasteiger partial charge in [-0.3, -0.25) is 4.79 Å². The van der Waals surface area contributed by atoms with Crippen molar-refractivity contribution in [3.63, 3.8) is 0 Å². The quantitative estimate of drug-likeness (QED) is 0.548. The van der Waals surface area contributed by atoms with Gasteiger partial charge in [-0.25, -0.2) is 4.79 Å². The second kappa shape index (κ2) is 9.07. The summed E-state index contributed by atoms with van der Waals surface area (Å²) < 4.78 is 35.3. The topological polar surface area (TPSA) is 102 Å². The number of anilines is 1. The van der Waals surface area contributed by atoms with Crippen LogP contribution >= 0.6 is 0 Å². The van der Waals surface area contributed by atoms with Gasteiger partial charge in [-0.2, -0.15) is 12.8 Å². The number of rotatable bonds is 5. The normalized spacial score (nSPS) is 14.4. The number of allylic oxidation sites excluding steroid dienone is 2. The molecule has 0 radical (unpaired) electrons. The highest BCUT2D eigenvalue weighted by Gasteiger charge is 2.27. The number of esters is 1. The number of ketones is 1. The van der Waals surface area contributed by atoms with Crippen molar-refractivity contribution in [2.24, 2.45) is 4.40 Å². The van der Waals surface area contributed by atoms with Crippen LogP contribution in [0.3, 0.4) is 0 Å². The van der Waals surface area contributed by atoms with Gasteiger partial charge in [0, 0.05) is 11.1 Å². The number of hydrogen-bond acceptors (Lipinski definition) is 6. The fourth-order valence-corrected chi connectivity index (χ4v) is 5.00. The fraction of sp³-hybridized carbons (Fsp3) is 0.115. The number of carbonyl (C=O) groups is 2. The Bertz CT molecular complexity index is 1490. The summed E-state index contributed by atoms with van der Waals surface area (Å²) in [5.41, 5.74) is 3.03. The summed E-state index contributed by atoms with van der Waals surface area (Å²) in [7, 11) is -2.79. The minimum Gasteiger partial charge on any atom is -0.465 e. The molecule has 0 spiro atoms. The third-order valence-electron chi connectivity index (χ3n) is 5.40. The van der Waals surface area contributed by atoms with E-state index in [-0.39, 0.29) is 27.7 Å². The lowest BCUT2D eigenvalue weighted by atomic mass is 9.92. The maximum absolute atomic E-state index is 13.2. The molecule has 0 amide bonds. The average Bonchev–Trinajstić information content (AvgIpc) is 2.81. The summed E-state index contributed by atoms with van der Waals surface area (Å²) in [4.78, 5) is 25.4. The summed E-state index contributed by atoms with van der Waals surface area (Å²) >= 11 is 0. The van der Waals surface area contributed by atoms with Crippen molar-refractivity contribution < 1.29 is 22.7 Å². The van der Waals surface area contributed by atoms with E-state index in [0.717, 1.165) is 5.56 Å². The van der Waals surface area contributed by atoms with E-state index in [9.17, 15) is 18.0 Å². The van der Waals surface area contributed by atoms with Crippen LogP contribution in [0.25, 0.3) is 0 Å². The van der Waals surface area contributed by atoms with E-state index in [0.29, 0.717) is 22.4 Å². The Kier molecular flexibility index (Phi) is 6.17. The molecule has 0 saturated carbocycles. The molecule has 0 aromatic heterocycles. The van der Waals surface area contributed by atoms with Crippen LogP contribution < -0.4 is 5.32 Å². The number of aryl methyl sites for hydroxylation is 2. The largest absolute Gasteiger partial charge is 0.465 e. The second-order valence-corrected chi connectivity index (χ2v) is 9.39. The van der Waals surface area contributed by atoms with Crippen LogP contribution in [0, 0.1) is 13.8 Å². The van der Waals surface area contributed by atoms with Crippen LogP contribution in [-0.2, 0) is 14.8 Å². The Morgan fingerprint density at radius 2 is 1.62 bits per heavy atom. The number of hydrogen-bond donors (Lipinski definition) is 1. The molecule has 172 valence electrons. The van der Waals surface area contributed by atoms with Crippen LogP contribution in [-0.4, -0.2) is 33.0 Å². The van der Waals surface area contributed by atoms with Crippen LogP contribution in [0.1, 0.15) is 37.4 Å². The zero-order valence-electron chi connectivity index (χ0n) is 18.8. The van der Waals surface area contributed by atoms with Crippen molar-refractivity contribution in [2.75, 3.05) is 12.4 Å². The van der Waals surface area contributed by atoms with E-state index >= 15 is 0 Å². The molecule has 4 rings (SSSR count). The number of carbonyl (C=O) groups excluding carboxylic acids is 2. The molecule has 0 atom stereocenters. The molecule has 0 saturated heterocycles. The molecular weight excluding hydrogens is 452 g/mol. The van der Waals surface area contributed by atoms with Gasteiger partial charge in [-0.1, -0.05) is 54.1 Å². The minimum absolute atomic E-state index is 0.0876. The van der Waals surface area contributed by atoms with Crippen LogP contribution in [0.2, 0.25) is 0 Å². The molecule has 0 aliphatic heterocycles. The number of ether oxygens (including phenoxy) is 1. The lowest BCUT2D eigenvalue weighted by Gasteiger charge is -2.19. The van der Waals surface area contributed by atoms with Gasteiger partial charge in [0.05, 0.1) is 34.7 Å². The van der Waals surface area contributed by atoms with Gasteiger partial charge in [0.2, 0.25) is 5.78 Å². The molecule has 7 nitrogen and oxygen atoms in total. The number of methoxy groups -OCH3 is 1. The maximum Gasteiger partial charge on any atom is 0.339 e.